The van der Waals surface area contributed by atoms with Gasteiger partial charge >= 0.3 is 0 Å². The molecule has 12 heavy (non-hydrogen) atoms. The van der Waals surface area contributed by atoms with E-state index in [4.69, 9.17) is 0 Å². The Morgan fingerprint density at radius 1 is 1.00 bits per heavy atom. The zero-order valence-electron chi connectivity index (χ0n) is 8.41. The van der Waals surface area contributed by atoms with Crippen molar-refractivity contribution >= 4 is 22.6 Å². The molecule has 0 nitrogen and oxygen atoms in total. The molecule has 0 saturated carbocycles. The lowest BCUT2D eigenvalue weighted by atomic mass is 10.1. The van der Waals surface area contributed by atoms with Crippen molar-refractivity contribution in [3.05, 3.63) is 11.6 Å². The van der Waals surface area contributed by atoms with Crippen LogP contribution in [-0.2, 0) is 0 Å². The lowest BCUT2D eigenvalue weighted by Crippen LogP contribution is -1.79. The van der Waals surface area contributed by atoms with Gasteiger partial charge in [0.25, 0.3) is 0 Å². The van der Waals surface area contributed by atoms with Crippen molar-refractivity contribution in [3.8, 4) is 0 Å². The molecule has 1 heteroatoms. The molecule has 0 atom stereocenters. The smallest absolute Gasteiger partial charge is 0.000473 e. The maximum absolute atomic E-state index is 2.45. The van der Waals surface area contributed by atoms with E-state index in [1.54, 1.807) is 0 Å². The number of rotatable bonds is 7. The Labute approximate surface area is 91.0 Å². The standard InChI is InChI=1S/C11H21I/c1-11(2)9-7-5-3-4-6-8-10-12/h9H,3-8,10H2,1-2H3. The van der Waals surface area contributed by atoms with Gasteiger partial charge in [0.1, 0.15) is 0 Å². The van der Waals surface area contributed by atoms with Crippen LogP contribution < -0.4 is 0 Å². The zero-order chi connectivity index (χ0) is 9.23. The minimum atomic E-state index is 1.28. The van der Waals surface area contributed by atoms with E-state index < -0.39 is 0 Å². The average molecular weight is 280 g/mol. The van der Waals surface area contributed by atoms with E-state index in [2.05, 4.69) is 42.5 Å². The van der Waals surface area contributed by atoms with Gasteiger partial charge in [-0.2, -0.15) is 0 Å². The minimum Gasteiger partial charge on any atom is -0.0864 e. The predicted octanol–water partition coefficient (Wildman–Crippen LogP) is 4.73. The molecule has 0 N–H and O–H groups in total. The average Bonchev–Trinajstić information content (AvgIpc) is 2.02. The van der Waals surface area contributed by atoms with E-state index in [0.29, 0.717) is 0 Å². The first-order valence-electron chi connectivity index (χ1n) is 4.96. The van der Waals surface area contributed by atoms with Crippen LogP contribution in [0.4, 0.5) is 0 Å². The molecule has 0 rings (SSSR count). The Hall–Kier alpha value is 0.470. The Kier molecular flexibility index (Phi) is 9.93. The fraction of sp³-hybridized carbons (Fsp3) is 0.818. The lowest BCUT2D eigenvalue weighted by molar-refractivity contribution is 0.641. The van der Waals surface area contributed by atoms with Crippen LogP contribution in [0.1, 0.15) is 52.4 Å². The molecule has 0 fully saturated rings. The van der Waals surface area contributed by atoms with Gasteiger partial charge in [-0.1, -0.05) is 53.5 Å². The van der Waals surface area contributed by atoms with Crippen LogP contribution in [0.15, 0.2) is 11.6 Å². The molecule has 0 aromatic carbocycles. The fourth-order valence-electron chi connectivity index (χ4n) is 1.16. The van der Waals surface area contributed by atoms with Gasteiger partial charge in [-0.3, -0.25) is 0 Å². The molecule has 0 unspecified atom stereocenters. The maximum Gasteiger partial charge on any atom is -0.000473 e. The second-order valence-electron chi connectivity index (χ2n) is 3.53. The van der Waals surface area contributed by atoms with Gasteiger partial charge in [0.05, 0.1) is 0 Å². The molecule has 0 aliphatic heterocycles. The molecule has 0 aromatic heterocycles. The molecule has 0 aliphatic carbocycles. The molecule has 72 valence electrons. The Balaban J connectivity index is 2.96. The third-order valence-corrected chi connectivity index (χ3v) is 2.65. The van der Waals surface area contributed by atoms with Crippen molar-refractivity contribution in [2.75, 3.05) is 4.43 Å². The van der Waals surface area contributed by atoms with E-state index in [9.17, 15) is 0 Å². The van der Waals surface area contributed by atoms with Crippen molar-refractivity contribution in [1.82, 2.24) is 0 Å². The van der Waals surface area contributed by atoms with Crippen molar-refractivity contribution in [2.45, 2.75) is 52.4 Å². The molecule has 0 saturated heterocycles. The number of allylic oxidation sites excluding steroid dienone is 2. The van der Waals surface area contributed by atoms with E-state index in [1.807, 2.05) is 0 Å². The summed E-state index contributed by atoms with van der Waals surface area (Å²) < 4.78 is 1.33. The van der Waals surface area contributed by atoms with Gasteiger partial charge < -0.3 is 0 Å². The van der Waals surface area contributed by atoms with Crippen LogP contribution >= 0.6 is 22.6 Å². The highest BCUT2D eigenvalue weighted by Crippen LogP contribution is 2.07. The molecule has 0 aliphatic rings. The van der Waals surface area contributed by atoms with Crippen molar-refractivity contribution in [3.63, 3.8) is 0 Å². The molecule has 0 heterocycles. The van der Waals surface area contributed by atoms with Crippen molar-refractivity contribution < 1.29 is 0 Å². The molecule has 0 radical (unpaired) electrons. The SMILES string of the molecule is CC(C)=CCCCCCCCI. The van der Waals surface area contributed by atoms with E-state index in [0.717, 1.165) is 0 Å². The van der Waals surface area contributed by atoms with Crippen LogP contribution in [-0.4, -0.2) is 4.43 Å². The van der Waals surface area contributed by atoms with Crippen LogP contribution in [0.25, 0.3) is 0 Å². The first-order chi connectivity index (χ1) is 5.77. The van der Waals surface area contributed by atoms with Gasteiger partial charge in [-0.05, 0) is 37.5 Å². The maximum atomic E-state index is 2.45. The van der Waals surface area contributed by atoms with E-state index in [-0.39, 0.29) is 0 Å². The Morgan fingerprint density at radius 2 is 1.58 bits per heavy atom. The zero-order valence-corrected chi connectivity index (χ0v) is 10.6. The summed E-state index contributed by atoms with van der Waals surface area (Å²) in [6.07, 6.45) is 10.7. The summed E-state index contributed by atoms with van der Waals surface area (Å²) in [6, 6.07) is 0. The van der Waals surface area contributed by atoms with Gasteiger partial charge in [0.15, 0.2) is 0 Å². The summed E-state index contributed by atoms with van der Waals surface area (Å²) in [5, 5.41) is 0. The molecular weight excluding hydrogens is 259 g/mol. The number of unbranched alkanes of at least 4 members (excludes halogenated alkanes) is 5. The minimum absolute atomic E-state index is 1.28. The van der Waals surface area contributed by atoms with Crippen molar-refractivity contribution in [1.29, 1.82) is 0 Å². The third-order valence-electron chi connectivity index (χ3n) is 1.89. The van der Waals surface area contributed by atoms with Crippen LogP contribution in [0, 0.1) is 0 Å². The summed E-state index contributed by atoms with van der Waals surface area (Å²) in [5.74, 6) is 0. The molecule has 0 amide bonds. The number of alkyl halides is 1. The normalized spacial score (nSPS) is 9.92. The summed E-state index contributed by atoms with van der Waals surface area (Å²) >= 11 is 2.45. The summed E-state index contributed by atoms with van der Waals surface area (Å²) in [7, 11) is 0. The third kappa shape index (κ3) is 10.5. The van der Waals surface area contributed by atoms with Gasteiger partial charge in [0.2, 0.25) is 0 Å². The highest BCUT2D eigenvalue weighted by molar-refractivity contribution is 14.1. The summed E-state index contributed by atoms with van der Waals surface area (Å²) in [5.41, 5.74) is 1.46. The molecule has 0 aromatic rings. The lowest BCUT2D eigenvalue weighted by Gasteiger charge is -1.97. The molecule has 0 bridgehead atoms. The van der Waals surface area contributed by atoms with Crippen LogP contribution in [0.2, 0.25) is 0 Å². The fourth-order valence-corrected chi connectivity index (χ4v) is 1.70. The number of halogens is 1. The highest BCUT2D eigenvalue weighted by Gasteiger charge is 1.88. The van der Waals surface area contributed by atoms with Crippen LogP contribution in [0.3, 0.4) is 0 Å². The van der Waals surface area contributed by atoms with Crippen molar-refractivity contribution in [2.24, 2.45) is 0 Å². The highest BCUT2D eigenvalue weighted by atomic mass is 127. The first-order valence-corrected chi connectivity index (χ1v) is 6.49. The number of hydrogen-bond donors (Lipinski definition) is 0. The summed E-state index contributed by atoms with van der Waals surface area (Å²) in [6.45, 7) is 4.35. The monoisotopic (exact) mass is 280 g/mol. The van der Waals surface area contributed by atoms with Crippen LogP contribution in [0.5, 0.6) is 0 Å². The second-order valence-corrected chi connectivity index (χ2v) is 4.61. The second kappa shape index (κ2) is 9.56. The molecule has 0 spiro atoms. The predicted molar refractivity (Wildman–Crippen MR) is 66.0 cm³/mol. The van der Waals surface area contributed by atoms with E-state index in [1.165, 1.54) is 48.5 Å². The Bertz CT molecular complexity index is 112. The van der Waals surface area contributed by atoms with Gasteiger partial charge in [0, 0.05) is 0 Å². The van der Waals surface area contributed by atoms with Gasteiger partial charge in [-0.15, -0.1) is 0 Å². The molecular formula is C11H21I. The largest absolute Gasteiger partial charge is 0.0864 e. The summed E-state index contributed by atoms with van der Waals surface area (Å²) in [4.78, 5) is 0. The first kappa shape index (κ1) is 12.5. The topological polar surface area (TPSA) is 0 Å². The number of hydrogen-bond acceptors (Lipinski definition) is 0. The van der Waals surface area contributed by atoms with E-state index >= 15 is 0 Å². The van der Waals surface area contributed by atoms with Gasteiger partial charge in [-0.25, -0.2) is 0 Å². The Morgan fingerprint density at radius 3 is 2.17 bits per heavy atom. The quantitative estimate of drug-likeness (QED) is 0.274.